The SMILES string of the molecule is Cc1ccc(C(=O)NCC2(c3ccccc3C)CCOCC2)c(C)c1. The Hall–Kier alpha value is -2.13. The molecule has 0 radical (unpaired) electrons. The Balaban J connectivity index is 1.82. The fourth-order valence-corrected chi connectivity index (χ4v) is 3.88. The van der Waals surface area contributed by atoms with Gasteiger partial charge in [0.1, 0.15) is 0 Å². The Bertz CT molecular complexity index is 760. The largest absolute Gasteiger partial charge is 0.381 e. The Kier molecular flexibility index (Phi) is 5.24. The summed E-state index contributed by atoms with van der Waals surface area (Å²) in [5, 5.41) is 3.20. The minimum absolute atomic E-state index is 0.0111. The van der Waals surface area contributed by atoms with Crippen LogP contribution in [0.15, 0.2) is 42.5 Å². The maximum Gasteiger partial charge on any atom is 0.251 e. The molecule has 1 aliphatic heterocycles. The van der Waals surface area contributed by atoms with E-state index in [1.54, 1.807) is 0 Å². The third-order valence-corrected chi connectivity index (χ3v) is 5.38. The smallest absolute Gasteiger partial charge is 0.251 e. The lowest BCUT2D eigenvalue weighted by Crippen LogP contribution is -2.45. The van der Waals surface area contributed by atoms with Crippen LogP contribution in [-0.4, -0.2) is 25.7 Å². The molecule has 0 spiro atoms. The zero-order valence-corrected chi connectivity index (χ0v) is 15.4. The van der Waals surface area contributed by atoms with Gasteiger partial charge in [0.2, 0.25) is 0 Å². The highest BCUT2D eigenvalue weighted by atomic mass is 16.5. The summed E-state index contributed by atoms with van der Waals surface area (Å²) < 4.78 is 5.60. The highest BCUT2D eigenvalue weighted by Crippen LogP contribution is 2.36. The normalized spacial score (nSPS) is 16.4. The van der Waals surface area contributed by atoms with Crippen LogP contribution in [0.3, 0.4) is 0 Å². The first-order valence-corrected chi connectivity index (χ1v) is 9.01. The zero-order valence-electron chi connectivity index (χ0n) is 15.4. The molecule has 1 saturated heterocycles. The summed E-state index contributed by atoms with van der Waals surface area (Å²) in [7, 11) is 0. The fourth-order valence-electron chi connectivity index (χ4n) is 3.88. The van der Waals surface area contributed by atoms with E-state index in [-0.39, 0.29) is 11.3 Å². The molecule has 132 valence electrons. The topological polar surface area (TPSA) is 38.3 Å². The third-order valence-electron chi connectivity index (χ3n) is 5.38. The van der Waals surface area contributed by atoms with Crippen LogP contribution < -0.4 is 5.32 Å². The molecule has 1 fully saturated rings. The second-order valence-electron chi connectivity index (χ2n) is 7.21. The third kappa shape index (κ3) is 3.77. The molecule has 0 saturated carbocycles. The molecule has 25 heavy (non-hydrogen) atoms. The molecule has 0 unspecified atom stereocenters. The predicted octanol–water partition coefficient (Wildman–Crippen LogP) is 4.09. The molecule has 0 bridgehead atoms. The summed E-state index contributed by atoms with van der Waals surface area (Å²) in [6.07, 6.45) is 1.87. The van der Waals surface area contributed by atoms with Gasteiger partial charge in [0, 0.05) is 30.7 Å². The van der Waals surface area contributed by atoms with E-state index in [1.165, 1.54) is 16.7 Å². The molecule has 0 aromatic heterocycles. The first-order chi connectivity index (χ1) is 12.0. The first kappa shape index (κ1) is 17.7. The van der Waals surface area contributed by atoms with Crippen molar-refractivity contribution in [3.8, 4) is 0 Å². The average molecular weight is 337 g/mol. The van der Waals surface area contributed by atoms with Crippen LogP contribution in [0.25, 0.3) is 0 Å². The molecule has 1 heterocycles. The minimum atomic E-state index is -0.0438. The Labute approximate surface area is 150 Å². The number of ether oxygens (including phenoxy) is 1. The van der Waals surface area contributed by atoms with Crippen molar-refractivity contribution in [2.24, 2.45) is 0 Å². The van der Waals surface area contributed by atoms with Crippen molar-refractivity contribution >= 4 is 5.91 Å². The van der Waals surface area contributed by atoms with Crippen LogP contribution in [0.5, 0.6) is 0 Å². The monoisotopic (exact) mass is 337 g/mol. The van der Waals surface area contributed by atoms with Crippen molar-refractivity contribution in [2.75, 3.05) is 19.8 Å². The molecular formula is C22H27NO2. The summed E-state index contributed by atoms with van der Waals surface area (Å²) in [6, 6.07) is 14.5. The van der Waals surface area contributed by atoms with Gasteiger partial charge in [0.25, 0.3) is 5.91 Å². The van der Waals surface area contributed by atoms with Gasteiger partial charge >= 0.3 is 0 Å². The number of hydrogen-bond acceptors (Lipinski definition) is 2. The van der Waals surface area contributed by atoms with E-state index in [1.807, 2.05) is 26.0 Å². The highest BCUT2D eigenvalue weighted by Gasteiger charge is 2.35. The molecule has 2 aromatic rings. The Morgan fingerprint density at radius 2 is 1.76 bits per heavy atom. The quantitative estimate of drug-likeness (QED) is 0.912. The summed E-state index contributed by atoms with van der Waals surface area (Å²) in [6.45, 7) is 8.32. The summed E-state index contributed by atoms with van der Waals surface area (Å²) >= 11 is 0. The van der Waals surface area contributed by atoms with E-state index in [4.69, 9.17) is 4.74 Å². The maximum absolute atomic E-state index is 12.7. The number of amides is 1. The highest BCUT2D eigenvalue weighted by molar-refractivity contribution is 5.95. The van der Waals surface area contributed by atoms with Crippen LogP contribution in [-0.2, 0) is 10.2 Å². The second-order valence-corrected chi connectivity index (χ2v) is 7.21. The molecule has 1 amide bonds. The number of aryl methyl sites for hydroxylation is 3. The van der Waals surface area contributed by atoms with Crippen LogP contribution >= 0.6 is 0 Å². The van der Waals surface area contributed by atoms with Gasteiger partial charge in [-0.2, -0.15) is 0 Å². The molecule has 2 aromatic carbocycles. The number of rotatable bonds is 4. The van der Waals surface area contributed by atoms with Crippen molar-refractivity contribution in [3.05, 3.63) is 70.3 Å². The van der Waals surface area contributed by atoms with E-state index in [0.717, 1.165) is 37.2 Å². The van der Waals surface area contributed by atoms with E-state index < -0.39 is 0 Å². The molecule has 3 nitrogen and oxygen atoms in total. The van der Waals surface area contributed by atoms with E-state index in [0.29, 0.717) is 6.54 Å². The van der Waals surface area contributed by atoms with Gasteiger partial charge in [0.15, 0.2) is 0 Å². The van der Waals surface area contributed by atoms with Gasteiger partial charge in [-0.05, 0) is 56.4 Å². The van der Waals surface area contributed by atoms with E-state index >= 15 is 0 Å². The van der Waals surface area contributed by atoms with Gasteiger partial charge in [-0.3, -0.25) is 4.79 Å². The molecule has 1 aliphatic rings. The van der Waals surface area contributed by atoms with Crippen molar-refractivity contribution in [1.82, 2.24) is 5.32 Å². The van der Waals surface area contributed by atoms with E-state index in [9.17, 15) is 4.79 Å². The van der Waals surface area contributed by atoms with Crippen LogP contribution in [0.1, 0.15) is 45.5 Å². The molecule has 3 heteroatoms. The predicted molar refractivity (Wildman–Crippen MR) is 101 cm³/mol. The molecule has 3 rings (SSSR count). The lowest BCUT2D eigenvalue weighted by atomic mass is 9.72. The number of nitrogens with one attached hydrogen (secondary N) is 1. The minimum Gasteiger partial charge on any atom is -0.381 e. The maximum atomic E-state index is 12.7. The molecule has 0 atom stereocenters. The summed E-state index contributed by atoms with van der Waals surface area (Å²) in [4.78, 5) is 12.7. The van der Waals surface area contributed by atoms with Crippen molar-refractivity contribution in [3.63, 3.8) is 0 Å². The lowest BCUT2D eigenvalue weighted by molar-refractivity contribution is 0.0485. The summed E-state index contributed by atoms with van der Waals surface area (Å²) in [5.74, 6) is 0.0111. The van der Waals surface area contributed by atoms with Crippen LogP contribution in [0, 0.1) is 20.8 Å². The van der Waals surface area contributed by atoms with Crippen molar-refractivity contribution < 1.29 is 9.53 Å². The average Bonchev–Trinajstić information content (AvgIpc) is 2.61. The van der Waals surface area contributed by atoms with Gasteiger partial charge in [-0.15, -0.1) is 0 Å². The van der Waals surface area contributed by atoms with E-state index in [2.05, 4.69) is 42.6 Å². The van der Waals surface area contributed by atoms with Crippen molar-refractivity contribution in [1.29, 1.82) is 0 Å². The lowest BCUT2D eigenvalue weighted by Gasteiger charge is -2.39. The number of benzene rings is 2. The molecular weight excluding hydrogens is 310 g/mol. The molecule has 0 aliphatic carbocycles. The van der Waals surface area contributed by atoms with Crippen LogP contribution in [0.2, 0.25) is 0 Å². The van der Waals surface area contributed by atoms with Gasteiger partial charge < -0.3 is 10.1 Å². The first-order valence-electron chi connectivity index (χ1n) is 9.01. The Morgan fingerprint density at radius 1 is 1.04 bits per heavy atom. The zero-order chi connectivity index (χ0) is 17.9. The second kappa shape index (κ2) is 7.40. The molecule has 1 N–H and O–H groups in total. The number of carbonyl (C=O) groups is 1. The Morgan fingerprint density at radius 3 is 2.44 bits per heavy atom. The van der Waals surface area contributed by atoms with Crippen molar-refractivity contribution in [2.45, 2.75) is 39.0 Å². The number of carbonyl (C=O) groups excluding carboxylic acids is 1. The number of hydrogen-bond donors (Lipinski definition) is 1. The summed E-state index contributed by atoms with van der Waals surface area (Å²) in [5.41, 5.74) is 5.53. The van der Waals surface area contributed by atoms with Gasteiger partial charge in [0.05, 0.1) is 0 Å². The standard InChI is InChI=1S/C22H27NO2/c1-16-8-9-19(18(3)14-16)21(24)23-15-22(10-12-25-13-11-22)20-7-5-4-6-17(20)2/h4-9,14H,10-13,15H2,1-3H3,(H,23,24). The van der Waals surface area contributed by atoms with Crippen LogP contribution in [0.4, 0.5) is 0 Å². The van der Waals surface area contributed by atoms with Gasteiger partial charge in [-0.25, -0.2) is 0 Å². The fraction of sp³-hybridized carbons (Fsp3) is 0.409. The van der Waals surface area contributed by atoms with Gasteiger partial charge in [-0.1, -0.05) is 42.0 Å².